The molecule has 1 aliphatic heterocycles. The van der Waals surface area contributed by atoms with Crippen molar-refractivity contribution in [2.75, 3.05) is 30.8 Å². The molecule has 1 aromatic heterocycles. The second-order valence-electron chi connectivity index (χ2n) is 7.18. The predicted molar refractivity (Wildman–Crippen MR) is 102 cm³/mol. The van der Waals surface area contributed by atoms with E-state index >= 15 is 0 Å². The summed E-state index contributed by atoms with van der Waals surface area (Å²) in [6.45, 7) is 1.49. The summed E-state index contributed by atoms with van der Waals surface area (Å²) in [4.78, 5) is 12.0. The van der Waals surface area contributed by atoms with Crippen LogP contribution in [0, 0.1) is 0 Å². The molecule has 0 radical (unpaired) electrons. The van der Waals surface area contributed by atoms with Gasteiger partial charge in [-0.25, -0.2) is 17.9 Å². The Morgan fingerprint density at radius 1 is 1.19 bits per heavy atom. The van der Waals surface area contributed by atoms with E-state index < -0.39 is 16.1 Å². The molecule has 1 saturated carbocycles. The molecule has 2 amide bonds. The van der Waals surface area contributed by atoms with Gasteiger partial charge in [-0.2, -0.15) is 5.10 Å². The summed E-state index contributed by atoms with van der Waals surface area (Å²) in [7, 11) is -3.38. The second-order valence-corrected chi connectivity index (χ2v) is 9.05. The molecule has 0 atom stereocenters. The lowest BCUT2D eigenvalue weighted by Crippen LogP contribution is -2.41. The molecule has 0 aromatic carbocycles. The number of hydrogen-bond acceptors (Lipinski definition) is 5. The fraction of sp³-hybridized carbons (Fsp3) is 0.765. The lowest BCUT2D eigenvalue weighted by atomic mass is 9.96. The van der Waals surface area contributed by atoms with Crippen LogP contribution in [0.15, 0.2) is 12.3 Å². The monoisotopic (exact) mass is 399 g/mol. The van der Waals surface area contributed by atoms with Crippen molar-refractivity contribution in [3.63, 3.8) is 0 Å². The van der Waals surface area contributed by atoms with Crippen LogP contribution >= 0.6 is 0 Å². The summed E-state index contributed by atoms with van der Waals surface area (Å²) in [6, 6.07) is 1.59. The Labute approximate surface area is 160 Å². The Bertz CT molecular complexity index is 709. The molecule has 2 aliphatic rings. The standard InChI is InChI=1S/C17H29N5O4S/c23-17(18-9-13-27(24,25)21-14-4-2-1-3-5-14)19-16-6-10-22(20-16)15-7-11-26-12-8-15/h6,10,14-15,21H,1-5,7-9,11-13H2,(H2,18,19,20,23). The summed E-state index contributed by atoms with van der Waals surface area (Å²) in [6.07, 6.45) is 8.72. The average molecular weight is 400 g/mol. The second kappa shape index (κ2) is 9.52. The van der Waals surface area contributed by atoms with Crippen LogP contribution in [0.4, 0.5) is 10.6 Å². The van der Waals surface area contributed by atoms with Crippen molar-refractivity contribution in [1.29, 1.82) is 0 Å². The van der Waals surface area contributed by atoms with Gasteiger partial charge in [0.05, 0.1) is 11.8 Å². The minimum absolute atomic E-state index is 0.0340. The summed E-state index contributed by atoms with van der Waals surface area (Å²) >= 11 is 0. The number of ether oxygens (including phenoxy) is 1. The maximum Gasteiger partial charge on any atom is 0.320 e. The first-order valence-corrected chi connectivity index (χ1v) is 11.3. The van der Waals surface area contributed by atoms with Gasteiger partial charge < -0.3 is 10.1 Å². The molecule has 1 saturated heterocycles. The van der Waals surface area contributed by atoms with E-state index in [1.807, 2.05) is 10.9 Å². The molecular formula is C17H29N5O4S. The Kier molecular flexibility index (Phi) is 7.08. The van der Waals surface area contributed by atoms with Gasteiger partial charge in [0, 0.05) is 38.1 Å². The maximum atomic E-state index is 12.1. The number of nitrogens with zero attached hydrogens (tertiary/aromatic N) is 2. The lowest BCUT2D eigenvalue weighted by Gasteiger charge is -2.22. The molecular weight excluding hydrogens is 370 g/mol. The van der Waals surface area contributed by atoms with E-state index in [9.17, 15) is 13.2 Å². The van der Waals surface area contributed by atoms with Gasteiger partial charge in [0.1, 0.15) is 0 Å². The van der Waals surface area contributed by atoms with Crippen LogP contribution in [0.2, 0.25) is 0 Å². The third kappa shape index (κ3) is 6.47. The minimum atomic E-state index is -3.38. The fourth-order valence-corrected chi connectivity index (χ4v) is 4.78. The highest BCUT2D eigenvalue weighted by Crippen LogP contribution is 2.21. The topological polar surface area (TPSA) is 114 Å². The van der Waals surface area contributed by atoms with Gasteiger partial charge in [-0.3, -0.25) is 10.00 Å². The average Bonchev–Trinajstić information content (AvgIpc) is 3.11. The van der Waals surface area contributed by atoms with E-state index in [0.717, 1.165) is 51.7 Å². The quantitative estimate of drug-likeness (QED) is 0.644. The molecule has 0 unspecified atom stereocenters. The highest BCUT2D eigenvalue weighted by molar-refractivity contribution is 7.89. The summed E-state index contributed by atoms with van der Waals surface area (Å²) < 4.78 is 34.1. The zero-order valence-corrected chi connectivity index (χ0v) is 16.3. The van der Waals surface area contributed by atoms with Crippen molar-refractivity contribution in [3.8, 4) is 0 Å². The van der Waals surface area contributed by atoms with Crippen LogP contribution in [-0.2, 0) is 14.8 Å². The number of aromatic nitrogens is 2. The molecule has 10 heteroatoms. The number of carbonyl (C=O) groups is 1. The van der Waals surface area contributed by atoms with E-state index in [0.29, 0.717) is 5.82 Å². The third-order valence-corrected chi connectivity index (χ3v) is 6.46. The summed E-state index contributed by atoms with van der Waals surface area (Å²) in [5.41, 5.74) is 0. The number of anilines is 1. The first-order chi connectivity index (χ1) is 13.0. The lowest BCUT2D eigenvalue weighted by molar-refractivity contribution is 0.0663. The van der Waals surface area contributed by atoms with Crippen molar-refractivity contribution in [2.45, 2.75) is 57.0 Å². The van der Waals surface area contributed by atoms with E-state index in [-0.39, 0.29) is 24.4 Å². The largest absolute Gasteiger partial charge is 0.381 e. The van der Waals surface area contributed by atoms with Crippen LogP contribution in [0.5, 0.6) is 0 Å². The number of rotatable bonds is 7. The Morgan fingerprint density at radius 3 is 2.67 bits per heavy atom. The number of amides is 2. The SMILES string of the molecule is O=C(NCCS(=O)(=O)NC1CCCCC1)Nc1ccn(C2CCOCC2)n1. The van der Waals surface area contributed by atoms with Crippen LogP contribution in [0.3, 0.4) is 0 Å². The highest BCUT2D eigenvalue weighted by Gasteiger charge is 2.20. The fourth-order valence-electron chi connectivity index (χ4n) is 3.55. The van der Waals surface area contributed by atoms with Gasteiger partial charge in [0.15, 0.2) is 5.82 Å². The van der Waals surface area contributed by atoms with E-state index in [2.05, 4.69) is 20.5 Å². The first kappa shape index (κ1) is 20.1. The number of sulfonamides is 1. The zero-order chi connectivity index (χ0) is 19.1. The number of carbonyl (C=O) groups excluding carboxylic acids is 1. The molecule has 152 valence electrons. The van der Waals surface area contributed by atoms with Gasteiger partial charge in [-0.15, -0.1) is 0 Å². The molecule has 0 spiro atoms. The molecule has 2 heterocycles. The molecule has 2 fully saturated rings. The van der Waals surface area contributed by atoms with Crippen molar-refractivity contribution in [3.05, 3.63) is 12.3 Å². The van der Waals surface area contributed by atoms with Crippen molar-refractivity contribution in [2.24, 2.45) is 0 Å². The van der Waals surface area contributed by atoms with Gasteiger partial charge in [0.25, 0.3) is 0 Å². The Balaban J connectivity index is 1.38. The van der Waals surface area contributed by atoms with Gasteiger partial charge >= 0.3 is 6.03 Å². The number of urea groups is 1. The van der Waals surface area contributed by atoms with Crippen LogP contribution in [0.25, 0.3) is 0 Å². The smallest absolute Gasteiger partial charge is 0.320 e. The molecule has 3 N–H and O–H groups in total. The van der Waals surface area contributed by atoms with Crippen molar-refractivity contribution < 1.29 is 17.9 Å². The molecule has 0 bridgehead atoms. The maximum absolute atomic E-state index is 12.1. The molecule has 1 aliphatic carbocycles. The summed E-state index contributed by atoms with van der Waals surface area (Å²) in [5.74, 6) is 0.315. The van der Waals surface area contributed by atoms with Crippen LogP contribution in [-0.4, -0.2) is 55.8 Å². The van der Waals surface area contributed by atoms with Crippen molar-refractivity contribution >= 4 is 21.9 Å². The highest BCUT2D eigenvalue weighted by atomic mass is 32.2. The number of nitrogens with one attached hydrogen (secondary N) is 3. The first-order valence-electron chi connectivity index (χ1n) is 9.69. The normalized spacial score (nSPS) is 19.7. The molecule has 1 aromatic rings. The molecule has 27 heavy (non-hydrogen) atoms. The predicted octanol–water partition coefficient (Wildman–Crippen LogP) is 1.61. The number of hydrogen-bond donors (Lipinski definition) is 3. The minimum Gasteiger partial charge on any atom is -0.381 e. The van der Waals surface area contributed by atoms with Crippen LogP contribution in [0.1, 0.15) is 51.0 Å². The Morgan fingerprint density at radius 2 is 1.93 bits per heavy atom. The Hall–Kier alpha value is -1.65. The third-order valence-electron chi connectivity index (χ3n) is 5.02. The zero-order valence-electron chi connectivity index (χ0n) is 15.5. The van der Waals surface area contributed by atoms with Crippen molar-refractivity contribution in [1.82, 2.24) is 19.8 Å². The van der Waals surface area contributed by atoms with E-state index in [1.165, 1.54) is 6.42 Å². The van der Waals surface area contributed by atoms with Gasteiger partial charge in [-0.1, -0.05) is 19.3 Å². The molecule has 9 nitrogen and oxygen atoms in total. The summed E-state index contributed by atoms with van der Waals surface area (Å²) in [5, 5.41) is 9.58. The van der Waals surface area contributed by atoms with E-state index in [4.69, 9.17) is 4.74 Å². The van der Waals surface area contributed by atoms with Crippen LogP contribution < -0.4 is 15.4 Å². The molecule has 3 rings (SSSR count). The van der Waals surface area contributed by atoms with Gasteiger partial charge in [-0.05, 0) is 25.7 Å². The van der Waals surface area contributed by atoms with Gasteiger partial charge in [0.2, 0.25) is 10.0 Å². The van der Waals surface area contributed by atoms with E-state index in [1.54, 1.807) is 6.07 Å².